The van der Waals surface area contributed by atoms with Crippen molar-refractivity contribution in [1.29, 1.82) is 0 Å². The van der Waals surface area contributed by atoms with Crippen molar-refractivity contribution in [2.24, 2.45) is 0 Å². The summed E-state index contributed by atoms with van der Waals surface area (Å²) < 4.78 is 13.8. The third-order valence-electron chi connectivity index (χ3n) is 2.90. The monoisotopic (exact) mass is 371 g/mol. The molecule has 0 radical (unpaired) electrons. The lowest BCUT2D eigenvalue weighted by molar-refractivity contribution is -0.113. The van der Waals surface area contributed by atoms with Gasteiger partial charge in [-0.15, -0.1) is 11.8 Å². The van der Waals surface area contributed by atoms with Crippen LogP contribution in [0.4, 0.5) is 10.1 Å². The van der Waals surface area contributed by atoms with Gasteiger partial charge in [0.05, 0.1) is 15.8 Å². The van der Waals surface area contributed by atoms with Crippen LogP contribution in [-0.2, 0) is 4.79 Å². The van der Waals surface area contributed by atoms with Gasteiger partial charge in [0.15, 0.2) is 5.78 Å². The van der Waals surface area contributed by atoms with Crippen LogP contribution in [0, 0.1) is 5.82 Å². The van der Waals surface area contributed by atoms with Gasteiger partial charge < -0.3 is 5.32 Å². The minimum absolute atomic E-state index is 0.0244. The Hall–Kier alpha value is -1.56. The highest BCUT2D eigenvalue weighted by Gasteiger charge is 2.10. The number of carbonyl (C=O) groups excluding carboxylic acids is 2. The van der Waals surface area contributed by atoms with Crippen LogP contribution in [0.15, 0.2) is 41.3 Å². The van der Waals surface area contributed by atoms with Crippen molar-refractivity contribution in [1.82, 2.24) is 0 Å². The van der Waals surface area contributed by atoms with E-state index in [1.165, 1.54) is 31.2 Å². The van der Waals surface area contributed by atoms with Gasteiger partial charge in [-0.2, -0.15) is 0 Å². The van der Waals surface area contributed by atoms with Crippen LogP contribution in [-0.4, -0.2) is 17.4 Å². The first-order chi connectivity index (χ1) is 10.9. The minimum Gasteiger partial charge on any atom is -0.325 e. The van der Waals surface area contributed by atoms with Crippen molar-refractivity contribution in [2.75, 3.05) is 11.1 Å². The average molecular weight is 372 g/mol. The first-order valence-electron chi connectivity index (χ1n) is 6.55. The van der Waals surface area contributed by atoms with E-state index in [0.29, 0.717) is 26.2 Å². The molecule has 1 amide bonds. The molecule has 0 atom stereocenters. The van der Waals surface area contributed by atoms with Crippen molar-refractivity contribution < 1.29 is 14.0 Å². The molecule has 3 nitrogen and oxygen atoms in total. The van der Waals surface area contributed by atoms with Gasteiger partial charge in [-0.05, 0) is 37.3 Å². The predicted octanol–water partition coefficient (Wildman–Crippen LogP) is 5.07. The third-order valence-corrected chi connectivity index (χ3v) is 4.69. The van der Waals surface area contributed by atoms with Gasteiger partial charge in [0, 0.05) is 16.1 Å². The summed E-state index contributed by atoms with van der Waals surface area (Å²) in [5.74, 6) is -1.01. The summed E-state index contributed by atoms with van der Waals surface area (Å²) in [4.78, 5) is 23.4. The lowest BCUT2D eigenvalue weighted by atomic mass is 10.1. The average Bonchev–Trinajstić information content (AvgIpc) is 2.49. The van der Waals surface area contributed by atoms with Gasteiger partial charge in [0.25, 0.3) is 0 Å². The van der Waals surface area contributed by atoms with Gasteiger partial charge in [-0.25, -0.2) is 4.39 Å². The summed E-state index contributed by atoms with van der Waals surface area (Å²) in [6.45, 7) is 1.37. The number of ketones is 1. The second-order valence-electron chi connectivity index (χ2n) is 4.67. The maximum atomic E-state index is 13.8. The zero-order chi connectivity index (χ0) is 17.0. The van der Waals surface area contributed by atoms with Crippen LogP contribution in [0.2, 0.25) is 10.0 Å². The molecule has 1 N–H and O–H groups in total. The maximum absolute atomic E-state index is 13.8. The van der Waals surface area contributed by atoms with E-state index in [9.17, 15) is 14.0 Å². The molecular weight excluding hydrogens is 360 g/mol. The number of hydrogen-bond donors (Lipinski definition) is 1. The molecule has 2 aromatic carbocycles. The first kappa shape index (κ1) is 17.8. The summed E-state index contributed by atoms with van der Waals surface area (Å²) in [6, 6.07) is 8.93. The number of benzene rings is 2. The highest BCUT2D eigenvalue weighted by Crippen LogP contribution is 2.26. The van der Waals surface area contributed by atoms with Crippen LogP contribution >= 0.6 is 35.0 Å². The van der Waals surface area contributed by atoms with Crippen LogP contribution in [0.5, 0.6) is 0 Å². The van der Waals surface area contributed by atoms with Crippen molar-refractivity contribution >= 4 is 52.3 Å². The number of Topliss-reactive ketones (excluding diaryl/α,β-unsaturated/α-hetero) is 1. The van der Waals surface area contributed by atoms with E-state index < -0.39 is 5.82 Å². The molecule has 0 bridgehead atoms. The van der Waals surface area contributed by atoms with E-state index in [1.54, 1.807) is 12.1 Å². The van der Waals surface area contributed by atoms with Crippen molar-refractivity contribution in [2.45, 2.75) is 11.8 Å². The molecule has 0 unspecified atom stereocenters. The summed E-state index contributed by atoms with van der Waals surface area (Å²) in [6.07, 6.45) is 0. The Bertz CT molecular complexity index is 768. The van der Waals surface area contributed by atoms with E-state index in [-0.39, 0.29) is 17.4 Å². The van der Waals surface area contributed by atoms with Gasteiger partial charge in [0.1, 0.15) is 5.82 Å². The second kappa shape index (κ2) is 7.81. The molecule has 0 saturated heterocycles. The molecule has 2 rings (SSSR count). The molecule has 2 aromatic rings. The highest BCUT2D eigenvalue weighted by molar-refractivity contribution is 8.00. The molecule has 7 heteroatoms. The highest BCUT2D eigenvalue weighted by atomic mass is 35.5. The molecule has 0 saturated carbocycles. The Morgan fingerprint density at radius 3 is 2.48 bits per heavy atom. The summed E-state index contributed by atoms with van der Waals surface area (Å²) in [5, 5.41) is 3.38. The molecule has 0 aliphatic rings. The Labute approximate surface area is 147 Å². The number of amides is 1. The lowest BCUT2D eigenvalue weighted by Crippen LogP contribution is -2.14. The van der Waals surface area contributed by atoms with Crippen molar-refractivity contribution in [3.63, 3.8) is 0 Å². The number of anilines is 1. The van der Waals surface area contributed by atoms with Gasteiger partial charge in [-0.3, -0.25) is 9.59 Å². The number of thioether (sulfide) groups is 1. The molecule has 0 spiro atoms. The summed E-state index contributed by atoms with van der Waals surface area (Å²) in [5.41, 5.74) is 0.810. The summed E-state index contributed by atoms with van der Waals surface area (Å²) in [7, 11) is 0. The smallest absolute Gasteiger partial charge is 0.234 e. The zero-order valence-corrected chi connectivity index (χ0v) is 14.4. The lowest BCUT2D eigenvalue weighted by Gasteiger charge is -2.07. The number of nitrogens with one attached hydrogen (secondary N) is 1. The van der Waals surface area contributed by atoms with E-state index in [0.717, 1.165) is 11.8 Å². The third kappa shape index (κ3) is 4.96. The van der Waals surface area contributed by atoms with Gasteiger partial charge >= 0.3 is 0 Å². The van der Waals surface area contributed by atoms with Crippen LogP contribution in [0.25, 0.3) is 0 Å². The minimum atomic E-state index is -0.523. The molecular formula is C16H12Cl2FNO2S. The topological polar surface area (TPSA) is 46.2 Å². The number of carbonyl (C=O) groups is 2. The van der Waals surface area contributed by atoms with E-state index >= 15 is 0 Å². The summed E-state index contributed by atoms with van der Waals surface area (Å²) >= 11 is 12.7. The van der Waals surface area contributed by atoms with Crippen LogP contribution in [0.3, 0.4) is 0 Å². The Morgan fingerprint density at radius 1 is 1.13 bits per heavy atom. The molecule has 0 aromatic heterocycles. The fourth-order valence-electron chi connectivity index (χ4n) is 1.75. The van der Waals surface area contributed by atoms with E-state index in [4.69, 9.17) is 23.2 Å². The molecule has 0 heterocycles. The largest absolute Gasteiger partial charge is 0.325 e. The van der Waals surface area contributed by atoms with Gasteiger partial charge in [0.2, 0.25) is 5.91 Å². The fourth-order valence-corrected chi connectivity index (χ4v) is 2.77. The Kier molecular flexibility index (Phi) is 6.04. The Balaban J connectivity index is 1.96. The fraction of sp³-hybridized carbons (Fsp3) is 0.125. The van der Waals surface area contributed by atoms with Crippen molar-refractivity contribution in [3.05, 3.63) is 57.8 Å². The number of rotatable bonds is 5. The molecule has 0 aliphatic carbocycles. The van der Waals surface area contributed by atoms with E-state index in [1.807, 2.05) is 0 Å². The second-order valence-corrected chi connectivity index (χ2v) is 6.50. The molecule has 0 fully saturated rings. The molecule has 23 heavy (non-hydrogen) atoms. The quantitative estimate of drug-likeness (QED) is 0.589. The van der Waals surface area contributed by atoms with E-state index in [2.05, 4.69) is 5.32 Å². The maximum Gasteiger partial charge on any atom is 0.234 e. The van der Waals surface area contributed by atoms with Gasteiger partial charge in [-0.1, -0.05) is 29.3 Å². The first-order valence-corrected chi connectivity index (χ1v) is 8.29. The number of halogens is 3. The standard InChI is InChI=1S/C16H12Cl2FNO2S/c1-9(21)10-2-5-15(14(19)6-10)23-8-16(22)20-11-3-4-12(17)13(18)7-11/h2-7H,8H2,1H3,(H,20,22). The van der Waals surface area contributed by atoms with Crippen LogP contribution < -0.4 is 5.32 Å². The SMILES string of the molecule is CC(=O)c1ccc(SCC(=O)Nc2ccc(Cl)c(Cl)c2)c(F)c1. The molecule has 0 aliphatic heterocycles. The van der Waals surface area contributed by atoms with Crippen LogP contribution in [0.1, 0.15) is 17.3 Å². The van der Waals surface area contributed by atoms with Crippen molar-refractivity contribution in [3.8, 4) is 0 Å². The predicted molar refractivity (Wildman–Crippen MR) is 92.2 cm³/mol. The zero-order valence-electron chi connectivity index (χ0n) is 12.0. The number of hydrogen-bond acceptors (Lipinski definition) is 3. The molecule has 120 valence electrons. The normalized spacial score (nSPS) is 10.4. The Morgan fingerprint density at radius 2 is 1.87 bits per heavy atom.